The van der Waals surface area contributed by atoms with Gasteiger partial charge in [0.1, 0.15) is 12.2 Å². The van der Waals surface area contributed by atoms with E-state index in [0.29, 0.717) is 12.8 Å². The van der Waals surface area contributed by atoms with Crippen molar-refractivity contribution < 1.29 is 25.2 Å². The van der Waals surface area contributed by atoms with Gasteiger partial charge in [-0.2, -0.15) is 0 Å². The summed E-state index contributed by atoms with van der Waals surface area (Å²) in [5.74, 6) is -0.583. The van der Waals surface area contributed by atoms with E-state index in [9.17, 15) is 25.2 Å². The lowest BCUT2D eigenvalue weighted by atomic mass is 10.00. The molecule has 0 aromatic carbocycles. The van der Waals surface area contributed by atoms with Crippen molar-refractivity contribution in [2.24, 2.45) is 0 Å². The van der Waals surface area contributed by atoms with Crippen LogP contribution in [0.25, 0.3) is 0 Å². The average Bonchev–Trinajstić information content (AvgIpc) is 3.45. The number of aliphatic hydroxyl groups is 4. The summed E-state index contributed by atoms with van der Waals surface area (Å²) in [6, 6.07) is -1.00. The average molecular weight is 1100 g/mol. The maximum absolute atomic E-state index is 12.7. The first-order chi connectivity index (χ1) is 38.5. The van der Waals surface area contributed by atoms with Crippen LogP contribution in [0.3, 0.4) is 0 Å². The Morgan fingerprint density at radius 3 is 0.769 bits per heavy atom. The Morgan fingerprint density at radius 1 is 0.308 bits per heavy atom. The molecule has 5 N–H and O–H groups in total. The molecule has 0 rings (SSSR count). The molecule has 4 unspecified atom stereocenters. The quantitative estimate of drug-likeness (QED) is 0.0308. The summed E-state index contributed by atoms with van der Waals surface area (Å²) in [5, 5.41) is 44.2. The summed E-state index contributed by atoms with van der Waals surface area (Å²) in [7, 11) is 0. The third-order valence-electron chi connectivity index (χ3n) is 17.5. The minimum absolute atomic E-state index is 0.369. The third kappa shape index (κ3) is 59.7. The van der Waals surface area contributed by atoms with Crippen LogP contribution in [0.15, 0.2) is 12.2 Å². The molecule has 6 nitrogen and oxygen atoms in total. The normalized spacial score (nSPS) is 13.5. The fraction of sp³-hybridized carbons (Fsp3) is 0.958. The van der Waals surface area contributed by atoms with Gasteiger partial charge in [0.2, 0.25) is 5.91 Å². The molecule has 0 saturated carbocycles. The Balaban J connectivity index is 3.53. The van der Waals surface area contributed by atoms with Crippen LogP contribution in [0, 0.1) is 0 Å². The van der Waals surface area contributed by atoms with Gasteiger partial charge in [-0.3, -0.25) is 4.79 Å². The molecule has 0 bridgehead atoms. The van der Waals surface area contributed by atoms with Crippen LogP contribution in [0.5, 0.6) is 0 Å². The van der Waals surface area contributed by atoms with Gasteiger partial charge in [0.25, 0.3) is 0 Å². The van der Waals surface area contributed by atoms with Crippen molar-refractivity contribution in [3.05, 3.63) is 12.2 Å². The number of amides is 1. The Morgan fingerprint density at radius 2 is 0.526 bits per heavy atom. The number of carbonyl (C=O) groups excluding carboxylic acids is 1. The van der Waals surface area contributed by atoms with Gasteiger partial charge in [-0.25, -0.2) is 0 Å². The van der Waals surface area contributed by atoms with Crippen molar-refractivity contribution in [1.82, 2.24) is 5.32 Å². The van der Waals surface area contributed by atoms with E-state index in [-0.39, 0.29) is 0 Å². The number of allylic oxidation sites excluding steroid dienone is 2. The largest absolute Gasteiger partial charge is 0.394 e. The SMILES string of the molecule is CCCCCCCCCCCCCCCCCCCCCCCCCCCC/C=C/CCCC(O)C(O)C(CO)NC(=O)C(O)CCCCCCCCCCCCCCCCCCCCCCCCCCCCCCCCC. The second-order valence-electron chi connectivity index (χ2n) is 25.3. The number of nitrogens with one attached hydrogen (secondary N) is 1. The van der Waals surface area contributed by atoms with Crippen LogP contribution >= 0.6 is 0 Å². The van der Waals surface area contributed by atoms with Crippen LogP contribution < -0.4 is 5.32 Å². The van der Waals surface area contributed by atoms with Gasteiger partial charge < -0.3 is 25.7 Å². The van der Waals surface area contributed by atoms with Crippen LogP contribution in [0.4, 0.5) is 0 Å². The summed E-state index contributed by atoms with van der Waals surface area (Å²) in [6.07, 6.45) is 83.6. The zero-order chi connectivity index (χ0) is 56.6. The van der Waals surface area contributed by atoms with Gasteiger partial charge >= 0.3 is 0 Å². The monoisotopic (exact) mass is 1100 g/mol. The van der Waals surface area contributed by atoms with Crippen molar-refractivity contribution in [3.8, 4) is 0 Å². The van der Waals surface area contributed by atoms with Crippen LogP contribution in [-0.4, -0.2) is 57.3 Å². The molecule has 0 radical (unpaired) electrons. The van der Waals surface area contributed by atoms with Crippen molar-refractivity contribution in [1.29, 1.82) is 0 Å². The van der Waals surface area contributed by atoms with E-state index in [0.717, 1.165) is 38.5 Å². The number of hydrogen-bond acceptors (Lipinski definition) is 5. The van der Waals surface area contributed by atoms with Crippen molar-refractivity contribution >= 4 is 5.91 Å². The zero-order valence-corrected chi connectivity index (χ0v) is 53.2. The molecule has 0 heterocycles. The summed E-state index contributed by atoms with van der Waals surface area (Å²) in [4.78, 5) is 12.7. The maximum Gasteiger partial charge on any atom is 0.249 e. The molecule has 466 valence electrons. The summed E-state index contributed by atoms with van der Waals surface area (Å²) in [6.45, 7) is 4.11. The fourth-order valence-corrected chi connectivity index (χ4v) is 11.9. The lowest BCUT2D eigenvalue weighted by Crippen LogP contribution is -2.53. The Bertz CT molecular complexity index is 1150. The highest BCUT2D eigenvalue weighted by Crippen LogP contribution is 2.20. The molecule has 0 fully saturated rings. The lowest BCUT2D eigenvalue weighted by Gasteiger charge is -2.27. The number of carbonyl (C=O) groups is 1. The second kappa shape index (κ2) is 66.8. The van der Waals surface area contributed by atoms with Gasteiger partial charge in [-0.15, -0.1) is 0 Å². The van der Waals surface area contributed by atoms with Crippen LogP contribution in [0.2, 0.25) is 0 Å². The lowest BCUT2D eigenvalue weighted by molar-refractivity contribution is -0.132. The first-order valence-electron chi connectivity index (χ1n) is 36.1. The van der Waals surface area contributed by atoms with Gasteiger partial charge in [-0.05, 0) is 38.5 Å². The number of unbranched alkanes of at least 4 members (excludes halogenated alkanes) is 57. The molecule has 1 amide bonds. The molecular formula is C72H143NO5. The minimum Gasteiger partial charge on any atom is -0.394 e. The Labute approximate surface area is 489 Å². The summed E-state index contributed by atoms with van der Waals surface area (Å²) in [5.41, 5.74) is 0. The summed E-state index contributed by atoms with van der Waals surface area (Å²) >= 11 is 0. The van der Waals surface area contributed by atoms with Crippen molar-refractivity contribution in [3.63, 3.8) is 0 Å². The highest BCUT2D eigenvalue weighted by atomic mass is 16.3. The predicted octanol–water partition coefficient (Wildman–Crippen LogP) is 22.3. The Hall–Kier alpha value is -0.950. The number of hydrogen-bond donors (Lipinski definition) is 5. The van der Waals surface area contributed by atoms with E-state index >= 15 is 0 Å². The fourth-order valence-electron chi connectivity index (χ4n) is 11.9. The predicted molar refractivity (Wildman–Crippen MR) is 344 cm³/mol. The molecule has 0 spiro atoms. The van der Waals surface area contributed by atoms with E-state index in [1.807, 2.05) is 0 Å². The van der Waals surface area contributed by atoms with E-state index in [4.69, 9.17) is 0 Å². The van der Waals surface area contributed by atoms with Crippen molar-refractivity contribution in [2.75, 3.05) is 6.61 Å². The van der Waals surface area contributed by atoms with Crippen LogP contribution in [0.1, 0.15) is 412 Å². The van der Waals surface area contributed by atoms with Gasteiger partial charge in [0.05, 0.1) is 18.8 Å². The standard InChI is InChI=1S/C72H143NO5/c1-3-5-7-9-11-13-15-17-19-21-23-25-27-29-31-33-35-37-39-41-43-45-47-49-51-53-55-57-59-61-63-65-69(75)71(77)68(67-74)73-72(78)70(76)66-64-62-60-58-56-54-52-50-48-46-44-42-40-38-36-34-32-30-28-26-24-22-20-18-16-14-12-10-8-6-4-2/h57,59,68-71,74-77H,3-56,58,60-67H2,1-2H3,(H,73,78)/b59-57+. The van der Waals surface area contributed by atoms with E-state index in [2.05, 4.69) is 31.3 Å². The van der Waals surface area contributed by atoms with E-state index in [1.54, 1.807) is 0 Å². The van der Waals surface area contributed by atoms with Crippen molar-refractivity contribution in [2.45, 2.75) is 436 Å². The molecule has 0 aromatic heterocycles. The Kier molecular flexibility index (Phi) is 66.0. The molecule has 0 saturated heterocycles. The third-order valence-corrected chi connectivity index (χ3v) is 17.5. The molecule has 0 aliphatic carbocycles. The molecule has 4 atom stereocenters. The second-order valence-corrected chi connectivity index (χ2v) is 25.3. The minimum atomic E-state index is -1.28. The van der Waals surface area contributed by atoms with Gasteiger partial charge in [0, 0.05) is 0 Å². The highest BCUT2D eigenvalue weighted by Gasteiger charge is 2.28. The highest BCUT2D eigenvalue weighted by molar-refractivity contribution is 5.80. The molecule has 0 aliphatic rings. The molecule has 78 heavy (non-hydrogen) atoms. The first-order valence-corrected chi connectivity index (χ1v) is 36.1. The van der Waals surface area contributed by atoms with Gasteiger partial charge in [-0.1, -0.05) is 386 Å². The number of rotatable bonds is 68. The number of aliphatic hydroxyl groups excluding tert-OH is 4. The molecule has 0 aliphatic heterocycles. The van der Waals surface area contributed by atoms with E-state index in [1.165, 1.54) is 347 Å². The molecule has 0 aromatic rings. The topological polar surface area (TPSA) is 110 Å². The van der Waals surface area contributed by atoms with E-state index < -0.39 is 36.9 Å². The maximum atomic E-state index is 12.7. The summed E-state index contributed by atoms with van der Waals surface area (Å²) < 4.78 is 0. The smallest absolute Gasteiger partial charge is 0.249 e. The first kappa shape index (κ1) is 77.0. The molecular weight excluding hydrogens is 959 g/mol. The van der Waals surface area contributed by atoms with Crippen LogP contribution in [-0.2, 0) is 4.79 Å². The van der Waals surface area contributed by atoms with Gasteiger partial charge in [0.15, 0.2) is 0 Å². The zero-order valence-electron chi connectivity index (χ0n) is 53.2. The molecule has 6 heteroatoms.